The first-order valence-corrected chi connectivity index (χ1v) is 6.68. The Morgan fingerprint density at radius 3 is 2.50 bits per heavy atom. The number of rotatable bonds is 4. The fourth-order valence-electron chi connectivity index (χ4n) is 1.80. The number of aliphatic hydroxyl groups is 1. The second-order valence-electron chi connectivity index (χ2n) is 4.25. The number of benzene rings is 2. The molecule has 1 unspecified atom stereocenters. The molecule has 0 heterocycles. The van der Waals surface area contributed by atoms with Crippen LogP contribution in [0.15, 0.2) is 53.0 Å². The van der Waals surface area contributed by atoms with E-state index in [9.17, 15) is 5.11 Å². The van der Waals surface area contributed by atoms with Crippen molar-refractivity contribution in [3.05, 3.63) is 64.1 Å². The number of para-hydroxylation sites is 1. The lowest BCUT2D eigenvalue weighted by Gasteiger charge is -2.18. The van der Waals surface area contributed by atoms with Crippen LogP contribution in [0.2, 0.25) is 0 Å². The zero-order valence-electron chi connectivity index (χ0n) is 10.2. The van der Waals surface area contributed by atoms with Crippen molar-refractivity contribution in [3.8, 4) is 0 Å². The van der Waals surface area contributed by atoms with Crippen molar-refractivity contribution >= 4 is 21.6 Å². The average molecular weight is 306 g/mol. The molecule has 94 valence electrons. The van der Waals surface area contributed by atoms with E-state index in [4.69, 9.17) is 0 Å². The maximum atomic E-state index is 9.52. The summed E-state index contributed by atoms with van der Waals surface area (Å²) >= 11 is 3.52. The molecule has 0 aromatic heterocycles. The summed E-state index contributed by atoms with van der Waals surface area (Å²) in [5, 5.41) is 12.8. The van der Waals surface area contributed by atoms with Crippen LogP contribution in [-0.2, 0) is 0 Å². The van der Waals surface area contributed by atoms with E-state index in [1.807, 2.05) is 49.4 Å². The molecular formula is C15H16BrNO. The van der Waals surface area contributed by atoms with Crippen LogP contribution in [-0.4, -0.2) is 11.7 Å². The maximum absolute atomic E-state index is 9.52. The van der Waals surface area contributed by atoms with Crippen molar-refractivity contribution < 1.29 is 5.11 Å². The normalized spacial score (nSPS) is 12.2. The lowest BCUT2D eigenvalue weighted by Crippen LogP contribution is -2.14. The van der Waals surface area contributed by atoms with Gasteiger partial charge in [0.05, 0.1) is 12.6 Å². The Balaban J connectivity index is 2.20. The molecule has 0 radical (unpaired) electrons. The molecule has 0 aliphatic carbocycles. The third-order valence-electron chi connectivity index (χ3n) is 2.90. The molecule has 3 heteroatoms. The molecular weight excluding hydrogens is 290 g/mol. The van der Waals surface area contributed by atoms with Crippen LogP contribution in [0, 0.1) is 6.92 Å². The smallest absolute Gasteiger partial charge is 0.0745 e. The highest BCUT2D eigenvalue weighted by molar-refractivity contribution is 9.10. The van der Waals surface area contributed by atoms with Gasteiger partial charge in [0.2, 0.25) is 0 Å². The van der Waals surface area contributed by atoms with Gasteiger partial charge in [-0.05, 0) is 36.2 Å². The van der Waals surface area contributed by atoms with E-state index in [1.165, 1.54) is 5.56 Å². The number of nitrogens with one attached hydrogen (secondary N) is 1. The van der Waals surface area contributed by atoms with E-state index < -0.39 is 0 Å². The van der Waals surface area contributed by atoms with Gasteiger partial charge in [0.15, 0.2) is 0 Å². The highest BCUT2D eigenvalue weighted by atomic mass is 79.9. The maximum Gasteiger partial charge on any atom is 0.0745 e. The van der Waals surface area contributed by atoms with Crippen LogP contribution in [0.4, 0.5) is 5.69 Å². The van der Waals surface area contributed by atoms with Gasteiger partial charge in [-0.2, -0.15) is 0 Å². The predicted molar refractivity (Wildman–Crippen MR) is 78.8 cm³/mol. The lowest BCUT2D eigenvalue weighted by atomic mass is 10.1. The molecule has 18 heavy (non-hydrogen) atoms. The third-order valence-corrected chi connectivity index (χ3v) is 3.75. The lowest BCUT2D eigenvalue weighted by molar-refractivity contribution is 0.276. The summed E-state index contributed by atoms with van der Waals surface area (Å²) < 4.78 is 1.06. The molecule has 0 amide bonds. The van der Waals surface area contributed by atoms with Gasteiger partial charge in [0.25, 0.3) is 0 Å². The number of aliphatic hydroxyl groups excluding tert-OH is 1. The molecule has 2 rings (SSSR count). The molecule has 0 aliphatic heterocycles. The summed E-state index contributed by atoms with van der Waals surface area (Å²) in [5.74, 6) is 0. The van der Waals surface area contributed by atoms with Crippen molar-refractivity contribution in [3.63, 3.8) is 0 Å². The van der Waals surface area contributed by atoms with Gasteiger partial charge in [-0.3, -0.25) is 0 Å². The van der Waals surface area contributed by atoms with Crippen molar-refractivity contribution in [2.45, 2.75) is 13.0 Å². The predicted octanol–water partition coefficient (Wildman–Crippen LogP) is 3.90. The molecule has 0 fully saturated rings. The van der Waals surface area contributed by atoms with E-state index in [0.29, 0.717) is 0 Å². The highest BCUT2D eigenvalue weighted by Crippen LogP contribution is 2.24. The second kappa shape index (κ2) is 6.03. The minimum Gasteiger partial charge on any atom is -0.394 e. The molecule has 2 nitrogen and oxygen atoms in total. The van der Waals surface area contributed by atoms with Gasteiger partial charge in [-0.25, -0.2) is 0 Å². The minimum absolute atomic E-state index is 0.0599. The zero-order valence-corrected chi connectivity index (χ0v) is 11.8. The molecule has 0 spiro atoms. The Hall–Kier alpha value is -1.32. The van der Waals surface area contributed by atoms with E-state index in [-0.39, 0.29) is 12.6 Å². The number of hydrogen-bond acceptors (Lipinski definition) is 2. The molecule has 0 saturated heterocycles. The minimum atomic E-state index is -0.0932. The summed E-state index contributed by atoms with van der Waals surface area (Å²) in [6.45, 7) is 2.11. The molecule has 2 aromatic carbocycles. The topological polar surface area (TPSA) is 32.3 Å². The summed E-state index contributed by atoms with van der Waals surface area (Å²) in [6.07, 6.45) is 0. The van der Waals surface area contributed by atoms with Gasteiger partial charge in [0.1, 0.15) is 0 Å². The molecule has 2 N–H and O–H groups in total. The molecule has 1 atom stereocenters. The first-order chi connectivity index (χ1) is 8.70. The molecule has 0 saturated carbocycles. The van der Waals surface area contributed by atoms with E-state index in [1.54, 1.807) is 0 Å². The van der Waals surface area contributed by atoms with E-state index in [0.717, 1.165) is 15.7 Å². The van der Waals surface area contributed by atoms with Crippen LogP contribution >= 0.6 is 15.9 Å². The van der Waals surface area contributed by atoms with Crippen LogP contribution in [0.3, 0.4) is 0 Å². The quantitative estimate of drug-likeness (QED) is 0.898. The first kappa shape index (κ1) is 13.1. The number of halogens is 1. The highest BCUT2D eigenvalue weighted by Gasteiger charge is 2.11. The standard InChI is InChI=1S/C15H16BrNO/c1-11-7-8-12(9-14(11)16)15(10-18)17-13-5-3-2-4-6-13/h2-9,15,17-18H,10H2,1H3. The Morgan fingerprint density at radius 2 is 1.89 bits per heavy atom. The van der Waals surface area contributed by atoms with Crippen molar-refractivity contribution in [1.82, 2.24) is 0 Å². The summed E-state index contributed by atoms with van der Waals surface area (Å²) in [7, 11) is 0. The Bertz CT molecular complexity index is 513. The van der Waals surface area contributed by atoms with E-state index in [2.05, 4.69) is 27.3 Å². The van der Waals surface area contributed by atoms with Gasteiger partial charge in [-0.15, -0.1) is 0 Å². The SMILES string of the molecule is Cc1ccc(C(CO)Nc2ccccc2)cc1Br. The molecule has 0 aliphatic rings. The zero-order chi connectivity index (χ0) is 13.0. The first-order valence-electron chi connectivity index (χ1n) is 5.89. The largest absolute Gasteiger partial charge is 0.394 e. The Kier molecular flexibility index (Phi) is 4.39. The Morgan fingerprint density at radius 1 is 1.17 bits per heavy atom. The number of anilines is 1. The molecule has 0 bridgehead atoms. The summed E-state index contributed by atoms with van der Waals surface area (Å²) in [6, 6.07) is 15.9. The fourth-order valence-corrected chi connectivity index (χ4v) is 2.19. The van der Waals surface area contributed by atoms with Crippen molar-refractivity contribution in [2.24, 2.45) is 0 Å². The monoisotopic (exact) mass is 305 g/mol. The molecule has 2 aromatic rings. The van der Waals surface area contributed by atoms with Gasteiger partial charge >= 0.3 is 0 Å². The van der Waals surface area contributed by atoms with Crippen molar-refractivity contribution in [1.29, 1.82) is 0 Å². The van der Waals surface area contributed by atoms with Gasteiger partial charge in [-0.1, -0.05) is 46.3 Å². The van der Waals surface area contributed by atoms with Crippen LogP contribution in [0.25, 0.3) is 0 Å². The van der Waals surface area contributed by atoms with Crippen molar-refractivity contribution in [2.75, 3.05) is 11.9 Å². The summed E-state index contributed by atoms with van der Waals surface area (Å²) in [4.78, 5) is 0. The van der Waals surface area contributed by atoms with Crippen LogP contribution < -0.4 is 5.32 Å². The van der Waals surface area contributed by atoms with Gasteiger partial charge in [0, 0.05) is 10.2 Å². The average Bonchev–Trinajstić information content (AvgIpc) is 2.40. The third kappa shape index (κ3) is 3.12. The van der Waals surface area contributed by atoms with Crippen LogP contribution in [0.1, 0.15) is 17.2 Å². The number of aryl methyl sites for hydroxylation is 1. The Labute approximate surface area is 116 Å². The van der Waals surface area contributed by atoms with Crippen LogP contribution in [0.5, 0.6) is 0 Å². The second-order valence-corrected chi connectivity index (χ2v) is 5.11. The summed E-state index contributed by atoms with van der Waals surface area (Å²) in [5.41, 5.74) is 3.27. The number of hydrogen-bond donors (Lipinski definition) is 2. The van der Waals surface area contributed by atoms with Gasteiger partial charge < -0.3 is 10.4 Å². The van der Waals surface area contributed by atoms with E-state index >= 15 is 0 Å². The fraction of sp³-hybridized carbons (Fsp3) is 0.200.